The normalized spacial score (nSPS) is 33.2. The molecule has 0 radical (unpaired) electrons. The third-order valence-electron chi connectivity index (χ3n) is 6.83. The van der Waals surface area contributed by atoms with Crippen molar-refractivity contribution >= 4 is 23.2 Å². The quantitative estimate of drug-likeness (QED) is 0.834. The third-order valence-corrected chi connectivity index (χ3v) is 7.12. The summed E-state index contributed by atoms with van der Waals surface area (Å²) in [4.78, 5) is 14.7. The molecule has 1 aromatic heterocycles. The molecule has 4 saturated carbocycles. The maximum atomic E-state index is 13.4. The van der Waals surface area contributed by atoms with Crippen molar-refractivity contribution in [3.05, 3.63) is 34.9 Å². The lowest BCUT2D eigenvalue weighted by molar-refractivity contribution is -0.135. The van der Waals surface area contributed by atoms with E-state index in [9.17, 15) is 9.18 Å². The van der Waals surface area contributed by atoms with Crippen LogP contribution in [0.1, 0.15) is 50.8 Å². The number of nitrogens with one attached hydrogen (secondary N) is 1. The second-order valence-electron chi connectivity index (χ2n) is 9.17. The molecule has 2 atom stereocenters. The van der Waals surface area contributed by atoms with Crippen LogP contribution in [0.4, 0.5) is 10.1 Å². The minimum atomic E-state index is -0.488. The molecule has 2 aromatic rings. The summed E-state index contributed by atoms with van der Waals surface area (Å²) in [5, 5.41) is 15.9. The third kappa shape index (κ3) is 3.00. The van der Waals surface area contributed by atoms with Gasteiger partial charge in [-0.25, -0.2) is 4.39 Å². The molecular formula is C20H23ClFN5O. The van der Waals surface area contributed by atoms with Gasteiger partial charge in [0.2, 0.25) is 5.91 Å². The average molecular weight is 404 g/mol. The summed E-state index contributed by atoms with van der Waals surface area (Å²) in [6, 6.07) is 4.27. The summed E-state index contributed by atoms with van der Waals surface area (Å²) in [5.41, 5.74) is 0.397. The van der Waals surface area contributed by atoms with Crippen LogP contribution in [-0.2, 0) is 10.3 Å². The van der Waals surface area contributed by atoms with Gasteiger partial charge in [0.15, 0.2) is 5.82 Å². The number of tetrazole rings is 1. The van der Waals surface area contributed by atoms with Gasteiger partial charge in [0.05, 0.1) is 10.6 Å². The zero-order valence-electron chi connectivity index (χ0n) is 15.8. The minimum absolute atomic E-state index is 0.0131. The standard InChI is InChI=1S/C20H23ClFN5O/c1-12-24-26-27(25-12)20-8-13-4-14(9-20)7-19(6-13,11-20)10-18(28)23-15-2-3-17(22)16(21)5-15/h2-3,5,13-14H,4,6-11H2,1H3,(H,23,28). The molecule has 0 aliphatic heterocycles. The van der Waals surface area contributed by atoms with Crippen LogP contribution in [0.15, 0.2) is 18.2 Å². The second-order valence-corrected chi connectivity index (χ2v) is 9.57. The van der Waals surface area contributed by atoms with Crippen LogP contribution >= 0.6 is 11.6 Å². The van der Waals surface area contributed by atoms with Gasteiger partial charge in [-0.3, -0.25) is 4.79 Å². The number of nitrogens with zero attached hydrogens (tertiary/aromatic N) is 4. The van der Waals surface area contributed by atoms with E-state index in [0.29, 0.717) is 29.8 Å². The topological polar surface area (TPSA) is 72.7 Å². The molecule has 4 bridgehead atoms. The Kier molecular flexibility index (Phi) is 4.02. The Morgan fingerprint density at radius 2 is 2.07 bits per heavy atom. The van der Waals surface area contributed by atoms with Gasteiger partial charge in [-0.15, -0.1) is 10.2 Å². The first-order chi connectivity index (χ1) is 13.3. The Morgan fingerprint density at radius 3 is 2.71 bits per heavy atom. The SMILES string of the molecule is Cc1nnn(C23CC4CC(CC(CC(=O)Nc5ccc(F)c(Cl)c5)(C4)C2)C3)n1. The highest BCUT2D eigenvalue weighted by molar-refractivity contribution is 6.31. The van der Waals surface area contributed by atoms with E-state index in [1.807, 2.05) is 11.7 Å². The molecule has 2 unspecified atom stereocenters. The Morgan fingerprint density at radius 1 is 1.32 bits per heavy atom. The average Bonchev–Trinajstić information content (AvgIpc) is 3.04. The van der Waals surface area contributed by atoms with Crippen molar-refractivity contribution in [2.75, 3.05) is 5.32 Å². The van der Waals surface area contributed by atoms with E-state index in [2.05, 4.69) is 20.7 Å². The van der Waals surface area contributed by atoms with Crippen molar-refractivity contribution in [3.8, 4) is 0 Å². The number of rotatable bonds is 4. The molecule has 1 N–H and O–H groups in total. The lowest BCUT2D eigenvalue weighted by Gasteiger charge is -2.61. The summed E-state index contributed by atoms with van der Waals surface area (Å²) in [7, 11) is 0. The van der Waals surface area contributed by atoms with Gasteiger partial charge in [-0.2, -0.15) is 4.80 Å². The van der Waals surface area contributed by atoms with E-state index in [0.717, 1.165) is 32.1 Å². The van der Waals surface area contributed by atoms with Crippen LogP contribution in [0.2, 0.25) is 5.02 Å². The Hall–Kier alpha value is -2.02. The van der Waals surface area contributed by atoms with Crippen molar-refractivity contribution in [2.45, 2.75) is 57.4 Å². The molecule has 1 heterocycles. The van der Waals surface area contributed by atoms with Gasteiger partial charge in [0.25, 0.3) is 0 Å². The molecule has 4 aliphatic rings. The van der Waals surface area contributed by atoms with Crippen molar-refractivity contribution in [2.24, 2.45) is 17.3 Å². The monoisotopic (exact) mass is 403 g/mol. The number of carbonyl (C=O) groups excluding carboxylic acids is 1. The molecule has 6 nitrogen and oxygen atoms in total. The largest absolute Gasteiger partial charge is 0.326 e. The summed E-state index contributed by atoms with van der Waals surface area (Å²) < 4.78 is 13.4. The Bertz CT molecular complexity index is 930. The predicted molar refractivity (Wildman–Crippen MR) is 102 cm³/mol. The van der Waals surface area contributed by atoms with Gasteiger partial charge in [0.1, 0.15) is 5.82 Å². The molecule has 0 saturated heterocycles. The fraction of sp³-hybridized carbons (Fsp3) is 0.600. The van der Waals surface area contributed by atoms with Crippen LogP contribution < -0.4 is 5.32 Å². The number of carbonyl (C=O) groups is 1. The molecule has 148 valence electrons. The molecule has 1 amide bonds. The molecule has 28 heavy (non-hydrogen) atoms. The van der Waals surface area contributed by atoms with Gasteiger partial charge in [0, 0.05) is 12.1 Å². The van der Waals surface area contributed by atoms with E-state index in [-0.39, 0.29) is 21.9 Å². The molecule has 6 rings (SSSR count). The molecular weight excluding hydrogens is 381 g/mol. The highest BCUT2D eigenvalue weighted by Gasteiger charge is 2.59. The maximum absolute atomic E-state index is 13.4. The zero-order valence-corrected chi connectivity index (χ0v) is 16.5. The summed E-state index contributed by atoms with van der Waals surface area (Å²) in [6.45, 7) is 1.86. The molecule has 1 aromatic carbocycles. The van der Waals surface area contributed by atoms with Crippen molar-refractivity contribution in [1.82, 2.24) is 20.2 Å². The number of anilines is 1. The number of aromatic nitrogens is 4. The van der Waals surface area contributed by atoms with Crippen LogP contribution in [0.3, 0.4) is 0 Å². The molecule has 4 fully saturated rings. The highest BCUT2D eigenvalue weighted by Crippen LogP contribution is 2.65. The Labute approximate surface area is 167 Å². The van der Waals surface area contributed by atoms with Gasteiger partial charge >= 0.3 is 0 Å². The van der Waals surface area contributed by atoms with E-state index < -0.39 is 5.82 Å². The van der Waals surface area contributed by atoms with E-state index >= 15 is 0 Å². The first-order valence-corrected chi connectivity index (χ1v) is 10.2. The smallest absolute Gasteiger partial charge is 0.224 e. The molecule has 4 aliphatic carbocycles. The second kappa shape index (κ2) is 6.24. The van der Waals surface area contributed by atoms with Crippen molar-refractivity contribution in [1.29, 1.82) is 0 Å². The summed E-state index contributed by atoms with van der Waals surface area (Å²) >= 11 is 5.84. The first kappa shape index (κ1) is 18.0. The van der Waals surface area contributed by atoms with Gasteiger partial charge in [-0.05, 0) is 86.1 Å². The number of amides is 1. The summed E-state index contributed by atoms with van der Waals surface area (Å²) in [6.07, 6.45) is 6.94. The van der Waals surface area contributed by atoms with Crippen molar-refractivity contribution in [3.63, 3.8) is 0 Å². The summed E-state index contributed by atoms with van der Waals surface area (Å²) in [5.74, 6) is 1.39. The molecule has 8 heteroatoms. The van der Waals surface area contributed by atoms with Crippen molar-refractivity contribution < 1.29 is 9.18 Å². The highest BCUT2D eigenvalue weighted by atomic mass is 35.5. The van der Waals surface area contributed by atoms with Crippen LogP contribution in [0.25, 0.3) is 0 Å². The number of aryl methyl sites for hydroxylation is 1. The number of hydrogen-bond donors (Lipinski definition) is 1. The number of hydrogen-bond acceptors (Lipinski definition) is 4. The lowest BCUT2D eigenvalue weighted by atomic mass is 9.46. The number of halogens is 2. The number of benzene rings is 1. The Balaban J connectivity index is 1.37. The zero-order chi connectivity index (χ0) is 19.5. The van der Waals surface area contributed by atoms with Gasteiger partial charge in [-0.1, -0.05) is 11.6 Å². The van der Waals surface area contributed by atoms with E-state index in [1.54, 1.807) is 6.07 Å². The fourth-order valence-corrected chi connectivity index (χ4v) is 6.63. The van der Waals surface area contributed by atoms with E-state index in [1.165, 1.54) is 18.6 Å². The fourth-order valence-electron chi connectivity index (χ4n) is 6.45. The van der Waals surface area contributed by atoms with Crippen LogP contribution in [0, 0.1) is 30.0 Å². The van der Waals surface area contributed by atoms with Crippen LogP contribution in [-0.4, -0.2) is 26.1 Å². The maximum Gasteiger partial charge on any atom is 0.224 e. The predicted octanol–water partition coefficient (Wildman–Crippen LogP) is 4.10. The molecule has 0 spiro atoms. The van der Waals surface area contributed by atoms with Crippen LogP contribution in [0.5, 0.6) is 0 Å². The van der Waals surface area contributed by atoms with E-state index in [4.69, 9.17) is 11.6 Å². The lowest BCUT2D eigenvalue weighted by Crippen LogP contribution is -2.57. The minimum Gasteiger partial charge on any atom is -0.326 e. The first-order valence-electron chi connectivity index (χ1n) is 9.87. The van der Waals surface area contributed by atoms with Gasteiger partial charge < -0.3 is 5.32 Å².